The van der Waals surface area contributed by atoms with E-state index in [1.165, 1.54) is 64.1 Å². The molecule has 25 heavy (non-hydrogen) atoms. The molecule has 0 saturated carbocycles. The Bertz CT molecular complexity index is 774. The molecule has 2 rings (SSSR count). The summed E-state index contributed by atoms with van der Waals surface area (Å²) >= 11 is 1.19. The Hall–Kier alpha value is -2.67. The first kappa shape index (κ1) is 18.7. The van der Waals surface area contributed by atoms with Crippen molar-refractivity contribution in [3.63, 3.8) is 0 Å². The van der Waals surface area contributed by atoms with Gasteiger partial charge < -0.3 is 19.7 Å². The molecule has 2 aromatic rings. The Kier molecular flexibility index (Phi) is 5.58. The van der Waals surface area contributed by atoms with Gasteiger partial charge in [-0.2, -0.15) is 0 Å². The smallest absolute Gasteiger partial charge is 0.163 e. The van der Waals surface area contributed by atoms with E-state index in [2.05, 4.69) is 0 Å². The van der Waals surface area contributed by atoms with Crippen molar-refractivity contribution in [2.45, 2.75) is 23.6 Å². The lowest BCUT2D eigenvalue weighted by Crippen LogP contribution is -1.98. The molecule has 132 valence electrons. The third kappa shape index (κ3) is 3.88. The van der Waals surface area contributed by atoms with E-state index in [0.29, 0.717) is 21.3 Å². The highest BCUT2D eigenvalue weighted by Crippen LogP contribution is 2.44. The average molecular weight is 362 g/mol. The van der Waals surface area contributed by atoms with Crippen molar-refractivity contribution in [3.05, 3.63) is 35.4 Å². The number of ketones is 2. The Morgan fingerprint density at radius 2 is 1.16 bits per heavy atom. The molecular weight excluding hydrogens is 344 g/mol. The molecule has 0 bridgehead atoms. The van der Waals surface area contributed by atoms with E-state index in [0.717, 1.165) is 0 Å². The van der Waals surface area contributed by atoms with E-state index in [9.17, 15) is 19.8 Å². The minimum absolute atomic E-state index is 0.160. The van der Waals surface area contributed by atoms with Crippen molar-refractivity contribution in [1.82, 2.24) is 0 Å². The number of carbonyl (C=O) groups is 2. The maximum Gasteiger partial charge on any atom is 0.163 e. The summed E-state index contributed by atoms with van der Waals surface area (Å²) in [4.78, 5) is 24.5. The molecule has 2 aromatic carbocycles. The molecule has 6 nitrogen and oxygen atoms in total. The van der Waals surface area contributed by atoms with Crippen molar-refractivity contribution >= 4 is 23.3 Å². The summed E-state index contributed by atoms with van der Waals surface area (Å²) in [5.74, 6) is -0.182. The van der Waals surface area contributed by atoms with E-state index < -0.39 is 0 Å². The Morgan fingerprint density at radius 1 is 0.800 bits per heavy atom. The molecule has 0 aliphatic heterocycles. The number of benzene rings is 2. The van der Waals surface area contributed by atoms with Crippen LogP contribution in [0.1, 0.15) is 34.6 Å². The second kappa shape index (κ2) is 7.48. The molecule has 2 N–H and O–H groups in total. The monoisotopic (exact) mass is 362 g/mol. The number of aromatic hydroxyl groups is 2. The van der Waals surface area contributed by atoms with Gasteiger partial charge in [0.1, 0.15) is 23.0 Å². The predicted molar refractivity (Wildman–Crippen MR) is 93.4 cm³/mol. The minimum Gasteiger partial charge on any atom is -0.507 e. The SMILES string of the molecule is COc1cc(O)c(C(C)=O)cc1Sc1cc(C(C)=O)c(O)cc1OC. The average Bonchev–Trinajstić information content (AvgIpc) is 2.56. The largest absolute Gasteiger partial charge is 0.507 e. The predicted octanol–water partition coefficient (Wildman–Crippen LogP) is 3.67. The van der Waals surface area contributed by atoms with E-state index >= 15 is 0 Å². The van der Waals surface area contributed by atoms with Crippen LogP contribution in [0, 0.1) is 0 Å². The summed E-state index contributed by atoms with van der Waals surface area (Å²) in [6.45, 7) is 2.70. The quantitative estimate of drug-likeness (QED) is 0.757. The summed E-state index contributed by atoms with van der Waals surface area (Å²) in [7, 11) is 2.89. The molecule has 0 saturated heterocycles. The number of hydrogen-bond donors (Lipinski definition) is 2. The van der Waals surface area contributed by atoms with Crippen LogP contribution in [0.3, 0.4) is 0 Å². The summed E-state index contributed by atoms with van der Waals surface area (Å²) in [5.41, 5.74) is 0.320. The van der Waals surface area contributed by atoms with Gasteiger partial charge in [0.2, 0.25) is 0 Å². The number of Topliss-reactive ketones (excluding diaryl/α,β-unsaturated/α-hetero) is 2. The van der Waals surface area contributed by atoms with Crippen molar-refractivity contribution in [2.24, 2.45) is 0 Å². The number of phenolic OH excluding ortho intramolecular Hbond substituents is 2. The first-order valence-electron chi connectivity index (χ1n) is 7.30. The maximum atomic E-state index is 11.7. The number of phenols is 2. The lowest BCUT2D eigenvalue weighted by atomic mass is 10.1. The molecule has 7 heteroatoms. The van der Waals surface area contributed by atoms with E-state index in [4.69, 9.17) is 9.47 Å². The van der Waals surface area contributed by atoms with E-state index in [-0.39, 0.29) is 34.2 Å². The van der Waals surface area contributed by atoms with Crippen LogP contribution in [0.2, 0.25) is 0 Å². The zero-order valence-electron chi connectivity index (χ0n) is 14.2. The van der Waals surface area contributed by atoms with Crippen molar-refractivity contribution in [1.29, 1.82) is 0 Å². The van der Waals surface area contributed by atoms with E-state index in [1.54, 1.807) is 0 Å². The standard InChI is InChI=1S/C18H18O6S/c1-9(19)11-5-17(15(23-3)7-13(11)21)25-18-6-12(10(2)20)14(22)8-16(18)24-4/h5-8,21-22H,1-4H3. The molecule has 0 heterocycles. The molecule has 0 unspecified atom stereocenters. The van der Waals surface area contributed by atoms with E-state index in [1.807, 2.05) is 0 Å². The van der Waals surface area contributed by atoms with Crippen LogP contribution in [0.15, 0.2) is 34.1 Å². The van der Waals surface area contributed by atoms with Gasteiger partial charge in [0, 0.05) is 12.1 Å². The van der Waals surface area contributed by atoms with Crippen molar-refractivity contribution < 1.29 is 29.3 Å². The number of ether oxygens (including phenoxy) is 2. The Balaban J connectivity index is 2.59. The second-order valence-corrected chi connectivity index (χ2v) is 6.34. The Labute approximate surface area is 149 Å². The topological polar surface area (TPSA) is 93.1 Å². The maximum absolute atomic E-state index is 11.7. The summed E-state index contributed by atoms with van der Waals surface area (Å²) in [6, 6.07) is 5.75. The molecule has 0 aliphatic rings. The molecule has 0 spiro atoms. The molecule has 0 aliphatic carbocycles. The molecule has 0 aromatic heterocycles. The number of carbonyl (C=O) groups excluding carboxylic acids is 2. The number of hydrogen-bond acceptors (Lipinski definition) is 7. The van der Waals surface area contributed by atoms with Crippen LogP contribution < -0.4 is 9.47 Å². The highest BCUT2D eigenvalue weighted by molar-refractivity contribution is 7.99. The van der Waals surface area contributed by atoms with Crippen LogP contribution >= 0.6 is 11.8 Å². The van der Waals surface area contributed by atoms with Crippen molar-refractivity contribution in [2.75, 3.05) is 14.2 Å². The van der Waals surface area contributed by atoms with Gasteiger partial charge in [0.25, 0.3) is 0 Å². The fourth-order valence-corrected chi connectivity index (χ4v) is 3.34. The van der Waals surface area contributed by atoms with Gasteiger partial charge >= 0.3 is 0 Å². The van der Waals surface area contributed by atoms with Gasteiger partial charge in [-0.15, -0.1) is 0 Å². The molecule has 0 fully saturated rings. The summed E-state index contributed by atoms with van der Waals surface area (Å²) in [6.07, 6.45) is 0. The van der Waals surface area contributed by atoms with Gasteiger partial charge in [-0.1, -0.05) is 11.8 Å². The normalized spacial score (nSPS) is 10.4. The second-order valence-electron chi connectivity index (χ2n) is 5.25. The lowest BCUT2D eigenvalue weighted by molar-refractivity contribution is 0.100. The zero-order chi connectivity index (χ0) is 18.7. The van der Waals surface area contributed by atoms with Gasteiger partial charge in [-0.05, 0) is 26.0 Å². The van der Waals surface area contributed by atoms with Gasteiger partial charge in [-0.3, -0.25) is 9.59 Å². The molecule has 0 atom stereocenters. The summed E-state index contributed by atoms with van der Waals surface area (Å²) < 4.78 is 10.5. The van der Waals surface area contributed by atoms with Gasteiger partial charge in [-0.25, -0.2) is 0 Å². The third-order valence-corrected chi connectivity index (χ3v) is 4.62. The molecular formula is C18H18O6S. The first-order valence-corrected chi connectivity index (χ1v) is 8.11. The first-order chi connectivity index (χ1) is 11.8. The third-order valence-electron chi connectivity index (χ3n) is 3.54. The summed E-state index contributed by atoms with van der Waals surface area (Å²) in [5, 5.41) is 19.8. The fraction of sp³-hybridized carbons (Fsp3) is 0.222. The highest BCUT2D eigenvalue weighted by atomic mass is 32.2. The van der Waals surface area contributed by atoms with Crippen LogP contribution in [0.25, 0.3) is 0 Å². The zero-order valence-corrected chi connectivity index (χ0v) is 15.1. The van der Waals surface area contributed by atoms with Crippen LogP contribution in [-0.2, 0) is 0 Å². The molecule has 0 radical (unpaired) electrons. The minimum atomic E-state index is -0.288. The van der Waals surface area contributed by atoms with Crippen LogP contribution in [-0.4, -0.2) is 36.0 Å². The van der Waals surface area contributed by atoms with Gasteiger partial charge in [0.15, 0.2) is 11.6 Å². The Morgan fingerprint density at radius 3 is 1.44 bits per heavy atom. The number of methoxy groups -OCH3 is 2. The lowest BCUT2D eigenvalue weighted by Gasteiger charge is -2.14. The van der Waals surface area contributed by atoms with Crippen LogP contribution in [0.4, 0.5) is 0 Å². The van der Waals surface area contributed by atoms with Crippen molar-refractivity contribution in [3.8, 4) is 23.0 Å². The van der Waals surface area contributed by atoms with Crippen LogP contribution in [0.5, 0.6) is 23.0 Å². The highest BCUT2D eigenvalue weighted by Gasteiger charge is 2.18. The number of rotatable bonds is 6. The van der Waals surface area contributed by atoms with Gasteiger partial charge in [0.05, 0.1) is 35.1 Å². The fourth-order valence-electron chi connectivity index (χ4n) is 2.26. The molecule has 0 amide bonds.